The van der Waals surface area contributed by atoms with Gasteiger partial charge < -0.3 is 5.32 Å². The number of nitrogens with one attached hydrogen (secondary N) is 1. The first kappa shape index (κ1) is 11.2. The van der Waals surface area contributed by atoms with Crippen molar-refractivity contribution in [2.45, 2.75) is 39.0 Å². The van der Waals surface area contributed by atoms with E-state index in [0.717, 1.165) is 18.5 Å². The molecule has 2 nitrogen and oxygen atoms in total. The molecule has 1 N–H and O–H groups in total. The minimum atomic E-state index is 0.187. The van der Waals surface area contributed by atoms with Crippen LogP contribution in [0.3, 0.4) is 0 Å². The van der Waals surface area contributed by atoms with Gasteiger partial charge in [-0.25, -0.2) is 0 Å². The maximum atomic E-state index is 11.8. The van der Waals surface area contributed by atoms with Gasteiger partial charge in [0.1, 0.15) is 0 Å². The van der Waals surface area contributed by atoms with Gasteiger partial charge in [-0.05, 0) is 36.5 Å². The molecule has 0 bridgehead atoms. The normalized spacial score (nSPS) is 15.9. The molecule has 1 fully saturated rings. The van der Waals surface area contributed by atoms with Gasteiger partial charge in [-0.3, -0.25) is 4.79 Å². The average Bonchev–Trinajstić information content (AvgIpc) is 2.15. The van der Waals surface area contributed by atoms with E-state index < -0.39 is 0 Å². The first-order valence-corrected chi connectivity index (χ1v) is 6.07. The molecule has 0 unspecified atom stereocenters. The number of carbonyl (C=O) groups is 1. The summed E-state index contributed by atoms with van der Waals surface area (Å²) in [6, 6.07) is 8.14. The molecule has 1 saturated carbocycles. The van der Waals surface area contributed by atoms with E-state index >= 15 is 0 Å². The largest absolute Gasteiger partial charge is 0.326 e. The number of amides is 1. The Morgan fingerprint density at radius 3 is 2.69 bits per heavy atom. The van der Waals surface area contributed by atoms with Gasteiger partial charge in [0.05, 0.1) is 0 Å². The summed E-state index contributed by atoms with van der Waals surface area (Å²) in [7, 11) is 0. The lowest BCUT2D eigenvalue weighted by Crippen LogP contribution is -2.28. The van der Waals surface area contributed by atoms with Gasteiger partial charge in [0.15, 0.2) is 0 Å². The van der Waals surface area contributed by atoms with E-state index in [1.165, 1.54) is 12.0 Å². The van der Waals surface area contributed by atoms with E-state index in [2.05, 4.69) is 31.3 Å². The summed E-state index contributed by atoms with van der Waals surface area (Å²) < 4.78 is 0. The molecule has 1 aliphatic rings. The molecule has 1 amide bonds. The van der Waals surface area contributed by atoms with Gasteiger partial charge in [0.25, 0.3) is 0 Å². The molecule has 86 valence electrons. The van der Waals surface area contributed by atoms with Crippen molar-refractivity contribution in [3.8, 4) is 0 Å². The molecule has 0 aromatic heterocycles. The van der Waals surface area contributed by atoms with Crippen LogP contribution in [0, 0.1) is 5.92 Å². The van der Waals surface area contributed by atoms with Gasteiger partial charge in [0.2, 0.25) is 5.91 Å². The summed E-state index contributed by atoms with van der Waals surface area (Å²) in [4.78, 5) is 11.8. The molecule has 1 aromatic carbocycles. The monoisotopic (exact) mass is 217 g/mol. The number of rotatable bonds is 3. The molecule has 1 aliphatic carbocycles. The average molecular weight is 217 g/mol. The summed E-state index contributed by atoms with van der Waals surface area (Å²) >= 11 is 0. The molecule has 0 radical (unpaired) electrons. The SMILES string of the molecule is CC(C)c1cccc(NC(=O)C2CCC2)c1. The standard InChI is InChI=1S/C14H19NO/c1-10(2)12-7-4-8-13(9-12)15-14(16)11-5-3-6-11/h4,7-11H,3,5-6H2,1-2H3,(H,15,16). The molecule has 0 spiro atoms. The molecule has 0 heterocycles. The highest BCUT2D eigenvalue weighted by Gasteiger charge is 2.25. The molecule has 0 atom stereocenters. The van der Waals surface area contributed by atoms with Gasteiger partial charge >= 0.3 is 0 Å². The zero-order chi connectivity index (χ0) is 11.5. The zero-order valence-corrected chi connectivity index (χ0v) is 9.99. The quantitative estimate of drug-likeness (QED) is 0.824. The van der Waals surface area contributed by atoms with Crippen molar-refractivity contribution >= 4 is 11.6 Å². The van der Waals surface area contributed by atoms with E-state index in [0.29, 0.717) is 5.92 Å². The third-order valence-electron chi connectivity index (χ3n) is 3.30. The minimum absolute atomic E-state index is 0.187. The van der Waals surface area contributed by atoms with Crippen molar-refractivity contribution in [1.82, 2.24) is 0 Å². The van der Waals surface area contributed by atoms with Gasteiger partial charge in [-0.15, -0.1) is 0 Å². The highest BCUT2D eigenvalue weighted by Crippen LogP contribution is 2.28. The van der Waals surface area contributed by atoms with Crippen molar-refractivity contribution in [3.05, 3.63) is 29.8 Å². The van der Waals surface area contributed by atoms with Crippen LogP contribution in [0.1, 0.15) is 44.6 Å². The maximum absolute atomic E-state index is 11.8. The van der Waals surface area contributed by atoms with Crippen LogP contribution in [0.2, 0.25) is 0 Å². The lowest BCUT2D eigenvalue weighted by molar-refractivity contribution is -0.122. The van der Waals surface area contributed by atoms with Gasteiger partial charge in [-0.2, -0.15) is 0 Å². The van der Waals surface area contributed by atoms with Crippen LogP contribution in [0.4, 0.5) is 5.69 Å². The molecule has 1 aromatic rings. The first-order valence-electron chi connectivity index (χ1n) is 6.07. The van der Waals surface area contributed by atoms with Gasteiger partial charge in [0, 0.05) is 11.6 Å². The maximum Gasteiger partial charge on any atom is 0.227 e. The fourth-order valence-electron chi connectivity index (χ4n) is 1.89. The summed E-state index contributed by atoms with van der Waals surface area (Å²) in [5.41, 5.74) is 2.20. The predicted molar refractivity (Wildman–Crippen MR) is 66.5 cm³/mol. The lowest BCUT2D eigenvalue weighted by atomic mass is 9.85. The van der Waals surface area contributed by atoms with Crippen LogP contribution in [0.25, 0.3) is 0 Å². The number of hydrogen-bond acceptors (Lipinski definition) is 1. The molecule has 2 rings (SSSR count). The van der Waals surface area contributed by atoms with Gasteiger partial charge in [-0.1, -0.05) is 32.4 Å². The third-order valence-corrected chi connectivity index (χ3v) is 3.30. The fourth-order valence-corrected chi connectivity index (χ4v) is 1.89. The third kappa shape index (κ3) is 2.43. The van der Waals surface area contributed by atoms with Crippen molar-refractivity contribution in [2.75, 3.05) is 5.32 Å². The van der Waals surface area contributed by atoms with Crippen molar-refractivity contribution in [2.24, 2.45) is 5.92 Å². The Kier molecular flexibility index (Phi) is 3.28. The Balaban J connectivity index is 2.03. The Labute approximate surface area is 97.1 Å². The summed E-state index contributed by atoms with van der Waals surface area (Å²) in [6.45, 7) is 4.32. The summed E-state index contributed by atoms with van der Waals surface area (Å²) in [5, 5.41) is 3.00. The second-order valence-electron chi connectivity index (χ2n) is 4.90. The summed E-state index contributed by atoms with van der Waals surface area (Å²) in [6.07, 6.45) is 3.30. The van der Waals surface area contributed by atoms with Crippen molar-refractivity contribution < 1.29 is 4.79 Å². The number of hydrogen-bond donors (Lipinski definition) is 1. The van der Waals surface area contributed by atoms with Crippen LogP contribution in [0.15, 0.2) is 24.3 Å². The first-order chi connectivity index (χ1) is 7.66. The number of carbonyl (C=O) groups excluding carboxylic acids is 1. The number of anilines is 1. The minimum Gasteiger partial charge on any atom is -0.326 e. The fraction of sp³-hybridized carbons (Fsp3) is 0.500. The molecule has 0 aliphatic heterocycles. The van der Waals surface area contributed by atoms with E-state index in [1.807, 2.05) is 12.1 Å². The topological polar surface area (TPSA) is 29.1 Å². The zero-order valence-electron chi connectivity index (χ0n) is 9.99. The Morgan fingerprint density at radius 2 is 2.12 bits per heavy atom. The number of benzene rings is 1. The molecular weight excluding hydrogens is 198 g/mol. The Hall–Kier alpha value is -1.31. The van der Waals surface area contributed by atoms with Crippen LogP contribution < -0.4 is 5.32 Å². The second-order valence-corrected chi connectivity index (χ2v) is 4.90. The lowest BCUT2D eigenvalue weighted by Gasteiger charge is -2.24. The van der Waals surface area contributed by atoms with Crippen molar-refractivity contribution in [3.63, 3.8) is 0 Å². The van der Waals surface area contributed by atoms with E-state index in [1.54, 1.807) is 0 Å². The molecule has 2 heteroatoms. The molecular formula is C14H19NO. The van der Waals surface area contributed by atoms with Crippen LogP contribution in [-0.2, 0) is 4.79 Å². The highest BCUT2D eigenvalue weighted by molar-refractivity contribution is 5.93. The van der Waals surface area contributed by atoms with Crippen LogP contribution in [-0.4, -0.2) is 5.91 Å². The molecule has 16 heavy (non-hydrogen) atoms. The Bertz CT molecular complexity index is 380. The second kappa shape index (κ2) is 4.69. The molecule has 0 saturated heterocycles. The van der Waals surface area contributed by atoms with E-state index in [-0.39, 0.29) is 11.8 Å². The van der Waals surface area contributed by atoms with E-state index in [9.17, 15) is 4.79 Å². The highest BCUT2D eigenvalue weighted by atomic mass is 16.1. The van der Waals surface area contributed by atoms with Crippen LogP contribution >= 0.6 is 0 Å². The van der Waals surface area contributed by atoms with Crippen LogP contribution in [0.5, 0.6) is 0 Å². The van der Waals surface area contributed by atoms with E-state index in [4.69, 9.17) is 0 Å². The Morgan fingerprint density at radius 1 is 1.38 bits per heavy atom. The van der Waals surface area contributed by atoms with Crippen molar-refractivity contribution in [1.29, 1.82) is 0 Å². The predicted octanol–water partition coefficient (Wildman–Crippen LogP) is 3.55. The summed E-state index contributed by atoms with van der Waals surface area (Å²) in [5.74, 6) is 0.940. The smallest absolute Gasteiger partial charge is 0.227 e.